The fraction of sp³-hybridized carbons (Fsp3) is 0.444. The molecule has 3 nitrogen and oxygen atoms in total. The van der Waals surface area contributed by atoms with Crippen LogP contribution in [0.25, 0.3) is 0 Å². The third-order valence-corrected chi connectivity index (χ3v) is 4.00. The molecule has 0 unspecified atom stereocenters. The first kappa shape index (κ1) is 19.3. The van der Waals surface area contributed by atoms with E-state index in [0.29, 0.717) is 13.0 Å². The summed E-state index contributed by atoms with van der Waals surface area (Å²) in [6.07, 6.45) is 3.65. The second-order valence-corrected chi connectivity index (χ2v) is 5.76. The van der Waals surface area contributed by atoms with Crippen molar-refractivity contribution in [2.24, 2.45) is 0 Å². The van der Waals surface area contributed by atoms with E-state index in [1.807, 2.05) is 6.07 Å². The summed E-state index contributed by atoms with van der Waals surface area (Å²) < 4.78 is 4.22. The van der Waals surface area contributed by atoms with Crippen LogP contribution in [0.1, 0.15) is 35.7 Å². The zero-order valence-corrected chi connectivity index (χ0v) is 16.9. The van der Waals surface area contributed by atoms with Gasteiger partial charge in [0, 0.05) is 51.6 Å². The molecule has 0 bridgehead atoms. The molecule has 2 aromatic rings. The number of benzene rings is 1. The number of hydrogen-bond acceptors (Lipinski definition) is 1. The van der Waals surface area contributed by atoms with Crippen LogP contribution in [0.3, 0.4) is 0 Å². The van der Waals surface area contributed by atoms with E-state index < -0.39 is 0 Å². The minimum absolute atomic E-state index is 0. The van der Waals surface area contributed by atoms with Crippen LogP contribution < -0.4 is 4.68 Å². The van der Waals surface area contributed by atoms with E-state index in [-0.39, 0.29) is 38.5 Å². The number of carbonyl (C=O) groups is 1. The Bertz CT molecular complexity index is 626. The van der Waals surface area contributed by atoms with Crippen LogP contribution in [-0.4, -0.2) is 10.5 Å². The van der Waals surface area contributed by atoms with Crippen molar-refractivity contribution in [1.82, 2.24) is 4.68 Å². The fourth-order valence-corrected chi connectivity index (χ4v) is 2.75. The van der Waals surface area contributed by atoms with Gasteiger partial charge in [0.25, 0.3) is 0 Å². The van der Waals surface area contributed by atoms with E-state index in [0.717, 1.165) is 18.7 Å². The van der Waals surface area contributed by atoms with Crippen molar-refractivity contribution in [2.75, 3.05) is 0 Å². The third-order valence-electron chi connectivity index (χ3n) is 4.00. The Hall–Kier alpha value is -0.796. The van der Waals surface area contributed by atoms with Gasteiger partial charge in [-0.2, -0.15) is 4.68 Å². The quantitative estimate of drug-likeness (QED) is 0.714. The van der Waals surface area contributed by atoms with Gasteiger partial charge in [-0.3, -0.25) is 4.79 Å². The van der Waals surface area contributed by atoms with Gasteiger partial charge in [0.05, 0.1) is 5.69 Å². The zero-order chi connectivity index (χ0) is 15.4. The SMILES string of the molecule is CCC[n+]1ccc(C)n1CC(=O)Cc1c(C)cccc1C.[Y]. The van der Waals surface area contributed by atoms with Crippen molar-refractivity contribution in [3.63, 3.8) is 0 Å². The van der Waals surface area contributed by atoms with Crippen molar-refractivity contribution >= 4 is 5.78 Å². The molecule has 1 aromatic carbocycles. The Morgan fingerprint density at radius 2 is 1.77 bits per heavy atom. The zero-order valence-electron chi connectivity index (χ0n) is 14.1. The molecule has 115 valence electrons. The summed E-state index contributed by atoms with van der Waals surface area (Å²) in [5.74, 6) is 0.261. The average Bonchev–Trinajstić information content (AvgIpc) is 2.76. The molecule has 2 rings (SSSR count). The molecule has 22 heavy (non-hydrogen) atoms. The summed E-state index contributed by atoms with van der Waals surface area (Å²) in [4.78, 5) is 12.5. The molecular weight excluding hydrogens is 349 g/mol. The predicted octanol–water partition coefficient (Wildman–Crippen LogP) is 2.92. The van der Waals surface area contributed by atoms with Crippen LogP contribution in [-0.2, 0) is 57.0 Å². The van der Waals surface area contributed by atoms with Gasteiger partial charge in [0.2, 0.25) is 0 Å². The largest absolute Gasteiger partial charge is 0.297 e. The maximum atomic E-state index is 12.5. The number of nitrogens with zero attached hydrogens (tertiary/aromatic N) is 2. The van der Waals surface area contributed by atoms with Crippen LogP contribution in [0, 0.1) is 20.8 Å². The van der Waals surface area contributed by atoms with Crippen molar-refractivity contribution in [1.29, 1.82) is 0 Å². The normalized spacial score (nSPS) is 10.4. The Morgan fingerprint density at radius 1 is 1.14 bits per heavy atom. The standard InChI is InChI=1S/C18H25N2O.Y/c1-5-10-19-11-9-16(4)20(19)13-17(21)12-18-14(2)7-6-8-15(18)3;/h6-9,11H,5,10,12-13H2,1-4H3;/q+1;. The molecule has 0 spiro atoms. The molecule has 0 amide bonds. The molecular formula is C18H25N2OY+. The summed E-state index contributed by atoms with van der Waals surface area (Å²) >= 11 is 0. The van der Waals surface area contributed by atoms with E-state index in [4.69, 9.17) is 0 Å². The first-order chi connectivity index (χ1) is 10.0. The maximum absolute atomic E-state index is 12.5. The molecule has 0 saturated carbocycles. The van der Waals surface area contributed by atoms with Gasteiger partial charge in [-0.1, -0.05) is 25.1 Å². The number of Topliss-reactive ketones (excluding diaryl/α,β-unsaturated/α-hetero) is 1. The first-order valence-electron chi connectivity index (χ1n) is 7.65. The monoisotopic (exact) mass is 374 g/mol. The molecule has 4 heteroatoms. The van der Waals surface area contributed by atoms with Gasteiger partial charge in [-0.15, -0.1) is 4.68 Å². The topological polar surface area (TPSA) is 25.9 Å². The Morgan fingerprint density at radius 3 is 2.36 bits per heavy atom. The summed E-state index contributed by atoms with van der Waals surface area (Å²) in [5.41, 5.74) is 4.72. The number of ketones is 1. The Kier molecular flexibility index (Phi) is 7.64. The summed E-state index contributed by atoms with van der Waals surface area (Å²) in [6.45, 7) is 9.76. The number of aromatic nitrogens is 2. The van der Waals surface area contributed by atoms with E-state index in [1.54, 1.807) is 0 Å². The molecule has 0 aliphatic rings. The van der Waals surface area contributed by atoms with Crippen molar-refractivity contribution in [3.8, 4) is 0 Å². The van der Waals surface area contributed by atoms with Crippen LogP contribution in [0.2, 0.25) is 0 Å². The molecule has 0 fully saturated rings. The van der Waals surface area contributed by atoms with Gasteiger partial charge < -0.3 is 0 Å². The van der Waals surface area contributed by atoms with Crippen LogP contribution >= 0.6 is 0 Å². The molecule has 0 aliphatic carbocycles. The van der Waals surface area contributed by atoms with E-state index in [1.165, 1.54) is 16.7 Å². The summed E-state index contributed by atoms with van der Waals surface area (Å²) in [5, 5.41) is 0. The third kappa shape index (κ3) is 4.60. The molecule has 1 heterocycles. The van der Waals surface area contributed by atoms with Gasteiger partial charge in [0.15, 0.2) is 18.5 Å². The minimum atomic E-state index is 0. The van der Waals surface area contributed by atoms with Crippen molar-refractivity contribution in [3.05, 3.63) is 52.8 Å². The minimum Gasteiger partial charge on any atom is -0.297 e. The Labute approximate surface area is 158 Å². The smallest absolute Gasteiger partial charge is 0.195 e. The van der Waals surface area contributed by atoms with E-state index in [9.17, 15) is 4.79 Å². The number of carbonyl (C=O) groups excluding carboxylic acids is 1. The van der Waals surface area contributed by atoms with Crippen LogP contribution in [0.15, 0.2) is 30.5 Å². The fourth-order valence-electron chi connectivity index (χ4n) is 2.75. The van der Waals surface area contributed by atoms with E-state index in [2.05, 4.69) is 61.5 Å². The molecule has 0 atom stereocenters. The van der Waals surface area contributed by atoms with Gasteiger partial charge in [0.1, 0.15) is 6.54 Å². The van der Waals surface area contributed by atoms with Crippen molar-refractivity contribution < 1.29 is 42.2 Å². The second-order valence-electron chi connectivity index (χ2n) is 5.76. The molecule has 0 saturated heterocycles. The molecule has 0 N–H and O–H groups in total. The van der Waals surface area contributed by atoms with Crippen LogP contribution in [0.4, 0.5) is 0 Å². The average molecular weight is 374 g/mol. The maximum Gasteiger partial charge on any atom is 0.195 e. The Balaban J connectivity index is 0.00000242. The molecule has 0 aliphatic heterocycles. The molecule has 1 aromatic heterocycles. The summed E-state index contributed by atoms with van der Waals surface area (Å²) in [7, 11) is 0. The van der Waals surface area contributed by atoms with Crippen molar-refractivity contribution in [2.45, 2.75) is 53.6 Å². The number of aryl methyl sites for hydroxylation is 4. The van der Waals surface area contributed by atoms with Gasteiger partial charge in [-0.05, 0) is 37.5 Å². The second kappa shape index (κ2) is 8.74. The van der Waals surface area contributed by atoms with E-state index >= 15 is 0 Å². The predicted molar refractivity (Wildman–Crippen MR) is 84.3 cm³/mol. The number of hydrogen-bond donors (Lipinski definition) is 0. The van der Waals surface area contributed by atoms with Crippen LogP contribution in [0.5, 0.6) is 0 Å². The number of rotatable bonds is 6. The molecule has 1 radical (unpaired) electrons. The van der Waals surface area contributed by atoms with Gasteiger partial charge in [-0.25, -0.2) is 0 Å². The van der Waals surface area contributed by atoms with Gasteiger partial charge >= 0.3 is 0 Å². The summed E-state index contributed by atoms with van der Waals surface area (Å²) in [6, 6.07) is 8.27. The first-order valence-corrected chi connectivity index (χ1v) is 7.65.